The summed E-state index contributed by atoms with van der Waals surface area (Å²) in [6.07, 6.45) is 12.5. The van der Waals surface area contributed by atoms with Gasteiger partial charge in [-0.05, 0) is 57.1 Å². The van der Waals surface area contributed by atoms with Gasteiger partial charge >= 0.3 is 0 Å². The number of hydrogen-bond donors (Lipinski definition) is 2. The van der Waals surface area contributed by atoms with Gasteiger partial charge in [-0.25, -0.2) is 0 Å². The van der Waals surface area contributed by atoms with Crippen molar-refractivity contribution in [2.24, 2.45) is 0 Å². The molecule has 0 unspecified atom stereocenters. The zero-order chi connectivity index (χ0) is 14.5. The molecule has 0 saturated heterocycles. The molecule has 21 heavy (non-hydrogen) atoms. The highest BCUT2D eigenvalue weighted by molar-refractivity contribution is 5.93. The molecule has 1 aromatic heterocycles. The molecule has 3 rings (SSSR count). The number of anilines is 1. The van der Waals surface area contributed by atoms with Gasteiger partial charge in [0.15, 0.2) is 0 Å². The average Bonchev–Trinajstić information content (AvgIpc) is 3.33. The van der Waals surface area contributed by atoms with Crippen molar-refractivity contribution in [2.45, 2.75) is 51.0 Å². The Morgan fingerprint density at radius 3 is 3.00 bits per heavy atom. The van der Waals surface area contributed by atoms with Crippen LogP contribution in [0.3, 0.4) is 0 Å². The summed E-state index contributed by atoms with van der Waals surface area (Å²) < 4.78 is 0. The van der Waals surface area contributed by atoms with Crippen molar-refractivity contribution in [1.82, 2.24) is 10.3 Å². The Balaban J connectivity index is 1.50. The van der Waals surface area contributed by atoms with Gasteiger partial charge in [-0.3, -0.25) is 9.78 Å². The van der Waals surface area contributed by atoms with Gasteiger partial charge < -0.3 is 10.6 Å². The molecule has 0 bridgehead atoms. The van der Waals surface area contributed by atoms with Crippen LogP contribution in [0.4, 0.5) is 5.69 Å². The molecular formula is C17H23N3O. The maximum atomic E-state index is 12.0. The number of hydrogen-bond acceptors (Lipinski definition) is 3. The summed E-state index contributed by atoms with van der Waals surface area (Å²) in [5.41, 5.74) is 3.04. The van der Waals surface area contributed by atoms with E-state index in [1.54, 1.807) is 11.8 Å². The standard InChI is InChI=1S/C17H23N3O/c21-17(20-14-6-7-14)16-12-15(9-11-19-16)18-10-8-13-4-2-1-3-5-13/h4,9,11-12,14H,1-3,5-8,10H2,(H,18,19)(H,20,21). The predicted octanol–water partition coefficient (Wildman–Crippen LogP) is 3.28. The minimum absolute atomic E-state index is 0.0591. The number of rotatable bonds is 6. The Morgan fingerprint density at radius 2 is 2.24 bits per heavy atom. The highest BCUT2D eigenvalue weighted by Gasteiger charge is 2.24. The SMILES string of the molecule is O=C(NC1CC1)c1cc(NCCC2=CCCCC2)ccn1. The molecule has 2 N–H and O–H groups in total. The number of aromatic nitrogens is 1. The third-order valence-electron chi connectivity index (χ3n) is 4.07. The van der Waals surface area contributed by atoms with Gasteiger partial charge in [0.1, 0.15) is 5.69 Å². The van der Waals surface area contributed by atoms with E-state index in [1.165, 1.54) is 25.7 Å². The lowest BCUT2D eigenvalue weighted by Crippen LogP contribution is -2.26. The smallest absolute Gasteiger partial charge is 0.270 e. The van der Waals surface area contributed by atoms with Crippen LogP contribution in [0.5, 0.6) is 0 Å². The van der Waals surface area contributed by atoms with Gasteiger partial charge in [0.2, 0.25) is 0 Å². The van der Waals surface area contributed by atoms with Crippen LogP contribution < -0.4 is 10.6 Å². The van der Waals surface area contributed by atoms with E-state index in [0.717, 1.165) is 31.5 Å². The number of carbonyl (C=O) groups is 1. The monoisotopic (exact) mass is 285 g/mol. The molecular weight excluding hydrogens is 262 g/mol. The summed E-state index contributed by atoms with van der Waals surface area (Å²) in [5, 5.41) is 6.36. The number of pyridine rings is 1. The van der Waals surface area contributed by atoms with Crippen molar-refractivity contribution in [2.75, 3.05) is 11.9 Å². The highest BCUT2D eigenvalue weighted by Crippen LogP contribution is 2.21. The summed E-state index contributed by atoms with van der Waals surface area (Å²) in [5.74, 6) is -0.0591. The highest BCUT2D eigenvalue weighted by atomic mass is 16.2. The van der Waals surface area contributed by atoms with Crippen LogP contribution in [-0.2, 0) is 0 Å². The minimum Gasteiger partial charge on any atom is -0.385 e. The van der Waals surface area contributed by atoms with Gasteiger partial charge in [-0.15, -0.1) is 0 Å². The second-order valence-corrected chi connectivity index (χ2v) is 5.96. The average molecular weight is 285 g/mol. The summed E-state index contributed by atoms with van der Waals surface area (Å²) in [7, 11) is 0. The van der Waals surface area contributed by atoms with Crippen LogP contribution >= 0.6 is 0 Å². The van der Waals surface area contributed by atoms with Crippen LogP contribution in [0.25, 0.3) is 0 Å². The Hall–Kier alpha value is -1.84. The van der Waals surface area contributed by atoms with Crippen molar-refractivity contribution in [3.8, 4) is 0 Å². The molecule has 4 nitrogen and oxygen atoms in total. The van der Waals surface area contributed by atoms with Gasteiger partial charge in [0.25, 0.3) is 5.91 Å². The number of nitrogens with one attached hydrogen (secondary N) is 2. The first-order valence-corrected chi connectivity index (χ1v) is 8.00. The molecule has 0 radical (unpaired) electrons. The molecule has 4 heteroatoms. The van der Waals surface area contributed by atoms with Gasteiger partial charge in [-0.2, -0.15) is 0 Å². The molecule has 0 spiro atoms. The molecule has 1 aromatic rings. The minimum atomic E-state index is -0.0591. The van der Waals surface area contributed by atoms with E-state index < -0.39 is 0 Å². The largest absolute Gasteiger partial charge is 0.385 e. The first-order valence-electron chi connectivity index (χ1n) is 8.00. The number of amides is 1. The van der Waals surface area contributed by atoms with Crippen LogP contribution in [0.1, 0.15) is 55.4 Å². The maximum absolute atomic E-state index is 12.0. The maximum Gasteiger partial charge on any atom is 0.270 e. The zero-order valence-electron chi connectivity index (χ0n) is 12.4. The predicted molar refractivity (Wildman–Crippen MR) is 84.4 cm³/mol. The van der Waals surface area contributed by atoms with Crippen molar-refractivity contribution >= 4 is 11.6 Å². The lowest BCUT2D eigenvalue weighted by atomic mass is 9.97. The third-order valence-corrected chi connectivity index (χ3v) is 4.07. The van der Waals surface area contributed by atoms with E-state index in [0.29, 0.717) is 11.7 Å². The van der Waals surface area contributed by atoms with E-state index in [4.69, 9.17) is 0 Å². The van der Waals surface area contributed by atoms with Crippen molar-refractivity contribution in [1.29, 1.82) is 0 Å². The molecule has 1 amide bonds. The van der Waals surface area contributed by atoms with Crippen LogP contribution in [0, 0.1) is 0 Å². The second kappa shape index (κ2) is 6.74. The van der Waals surface area contributed by atoms with Crippen LogP contribution in [-0.4, -0.2) is 23.5 Å². The molecule has 1 saturated carbocycles. The lowest BCUT2D eigenvalue weighted by molar-refractivity contribution is 0.0946. The van der Waals surface area contributed by atoms with Crippen molar-refractivity contribution in [3.05, 3.63) is 35.7 Å². The van der Waals surface area contributed by atoms with Gasteiger partial charge in [-0.1, -0.05) is 11.6 Å². The van der Waals surface area contributed by atoms with Gasteiger partial charge in [0.05, 0.1) is 0 Å². The summed E-state index contributed by atoms with van der Waals surface area (Å²) >= 11 is 0. The topological polar surface area (TPSA) is 54.0 Å². The summed E-state index contributed by atoms with van der Waals surface area (Å²) in [6, 6.07) is 4.13. The van der Waals surface area contributed by atoms with E-state index in [2.05, 4.69) is 21.7 Å². The third kappa shape index (κ3) is 4.31. The lowest BCUT2D eigenvalue weighted by Gasteiger charge is -2.13. The normalized spacial score (nSPS) is 18.0. The Morgan fingerprint density at radius 1 is 1.33 bits per heavy atom. The Kier molecular flexibility index (Phi) is 4.53. The molecule has 1 heterocycles. The Labute approximate surface area is 126 Å². The van der Waals surface area contributed by atoms with Crippen LogP contribution in [0.2, 0.25) is 0 Å². The number of carbonyl (C=O) groups excluding carboxylic acids is 1. The van der Waals surface area contributed by atoms with Crippen molar-refractivity contribution in [3.63, 3.8) is 0 Å². The number of nitrogens with zero attached hydrogens (tertiary/aromatic N) is 1. The van der Waals surface area contributed by atoms with Crippen LogP contribution in [0.15, 0.2) is 30.0 Å². The molecule has 2 aliphatic carbocycles. The van der Waals surface area contributed by atoms with E-state index >= 15 is 0 Å². The summed E-state index contributed by atoms with van der Waals surface area (Å²) in [6.45, 7) is 0.916. The quantitative estimate of drug-likeness (QED) is 0.789. The summed E-state index contributed by atoms with van der Waals surface area (Å²) in [4.78, 5) is 16.1. The molecule has 112 valence electrons. The first-order chi connectivity index (χ1) is 10.3. The van der Waals surface area contributed by atoms with E-state index in [-0.39, 0.29) is 5.91 Å². The van der Waals surface area contributed by atoms with E-state index in [1.807, 2.05) is 12.1 Å². The van der Waals surface area contributed by atoms with Crippen molar-refractivity contribution < 1.29 is 4.79 Å². The fraction of sp³-hybridized carbons (Fsp3) is 0.529. The molecule has 2 aliphatic rings. The molecule has 0 aromatic carbocycles. The number of allylic oxidation sites excluding steroid dienone is 1. The molecule has 0 atom stereocenters. The molecule has 0 aliphatic heterocycles. The second-order valence-electron chi connectivity index (χ2n) is 5.96. The Bertz CT molecular complexity index is 535. The first kappa shape index (κ1) is 14.1. The fourth-order valence-electron chi connectivity index (χ4n) is 2.65. The van der Waals surface area contributed by atoms with Gasteiger partial charge in [0, 0.05) is 24.5 Å². The van der Waals surface area contributed by atoms with E-state index in [9.17, 15) is 4.79 Å². The zero-order valence-corrected chi connectivity index (χ0v) is 12.4. The fourth-order valence-corrected chi connectivity index (χ4v) is 2.65. The molecule has 1 fully saturated rings.